The lowest BCUT2D eigenvalue weighted by molar-refractivity contribution is -0.268. The van der Waals surface area contributed by atoms with Crippen molar-refractivity contribution in [2.24, 2.45) is 0 Å². The largest absolute Gasteiger partial charge is 0.508 e. The molecule has 5 aliphatic rings. The molecular weight excluding hydrogens is 626 g/mol. The summed E-state index contributed by atoms with van der Waals surface area (Å²) in [7, 11) is 3.12. The van der Waals surface area contributed by atoms with Gasteiger partial charge in [0.2, 0.25) is 5.60 Å². The second-order valence-electron chi connectivity index (χ2n) is 12.1. The Hall–Kier alpha value is -4.60. The molecule has 2 unspecified atom stereocenters. The maximum absolute atomic E-state index is 14.0. The fourth-order valence-electron chi connectivity index (χ4n) is 6.52. The summed E-state index contributed by atoms with van der Waals surface area (Å²) < 4.78 is 39.9. The van der Waals surface area contributed by atoms with Crippen molar-refractivity contribution < 1.29 is 58.1 Å². The van der Waals surface area contributed by atoms with Gasteiger partial charge in [0.25, 0.3) is 0 Å². The summed E-state index contributed by atoms with van der Waals surface area (Å²) in [5, 5.41) is 36.1. The number of cyclic esters (lactones) is 2. The summed E-state index contributed by atoms with van der Waals surface area (Å²) in [5.74, 6) is 11.6. The fourth-order valence-corrected chi connectivity index (χ4v) is 6.52. The van der Waals surface area contributed by atoms with Gasteiger partial charge in [0.1, 0.15) is 41.6 Å². The number of benzene rings is 2. The van der Waals surface area contributed by atoms with Gasteiger partial charge < -0.3 is 53.8 Å². The zero-order valence-electron chi connectivity index (χ0n) is 26.4. The van der Waals surface area contributed by atoms with Crippen LogP contribution in [-0.4, -0.2) is 103 Å². The summed E-state index contributed by atoms with van der Waals surface area (Å²) in [6.07, 6.45) is -5.68. The average Bonchev–Trinajstić information content (AvgIpc) is 3.38. The number of fused-ring (bicyclic) bond motifs is 3. The van der Waals surface area contributed by atoms with Crippen molar-refractivity contribution in [2.75, 3.05) is 20.8 Å². The highest BCUT2D eigenvalue weighted by atomic mass is 16.8. The molecule has 2 aromatic carbocycles. The summed E-state index contributed by atoms with van der Waals surface area (Å²) in [6, 6.07) is 5.81. The molecule has 3 fully saturated rings. The second-order valence-corrected chi connectivity index (χ2v) is 12.1. The third kappa shape index (κ3) is 5.35. The Morgan fingerprint density at radius 3 is 2.71 bits per heavy atom. The van der Waals surface area contributed by atoms with Crippen LogP contribution in [0.4, 0.5) is 4.79 Å². The fraction of sp³-hybridized carbons (Fsp3) is 0.429. The molecule has 13 heteroatoms. The maximum atomic E-state index is 14.0. The molecule has 7 rings (SSSR count). The average molecular weight is 660 g/mol. The van der Waals surface area contributed by atoms with Gasteiger partial charge in [-0.2, -0.15) is 0 Å². The van der Waals surface area contributed by atoms with Gasteiger partial charge in [0.05, 0.1) is 30.9 Å². The Bertz CT molecular complexity index is 1900. The van der Waals surface area contributed by atoms with Gasteiger partial charge in [-0.25, -0.2) is 9.59 Å². The first-order chi connectivity index (χ1) is 23.0. The predicted molar refractivity (Wildman–Crippen MR) is 165 cm³/mol. The number of aliphatic hydroxyl groups is 2. The predicted octanol–water partition coefficient (Wildman–Crippen LogP) is 1.74. The number of esters is 1. The van der Waals surface area contributed by atoms with Crippen molar-refractivity contribution >= 4 is 22.9 Å². The minimum Gasteiger partial charge on any atom is -0.507 e. The van der Waals surface area contributed by atoms with E-state index in [0.29, 0.717) is 16.7 Å². The number of carbonyl (C=O) groups is 2. The molecule has 48 heavy (non-hydrogen) atoms. The molecular formula is C35H33NO12. The smallest absolute Gasteiger partial charge is 0.507 e. The molecule has 9 atom stereocenters. The van der Waals surface area contributed by atoms with Crippen molar-refractivity contribution in [1.29, 1.82) is 0 Å². The monoisotopic (exact) mass is 659 g/mol. The lowest BCUT2D eigenvalue weighted by Gasteiger charge is -2.42. The Morgan fingerprint density at radius 2 is 1.98 bits per heavy atom. The summed E-state index contributed by atoms with van der Waals surface area (Å²) in [4.78, 5) is 25.7. The SMILES string of the molecule is CN[C@H]1C(O)[C@@H](O)C(C)O[C@H]1O[C@H]1CC(OC(=O)c2c(O)ccc3c(C)cc(OC)cc23)=C2C#C[C@]3([C@H]4COC(=O)O4)O[C@@H]3C#CC=C21. The topological polar surface area (TPSA) is 175 Å². The third-order valence-corrected chi connectivity index (χ3v) is 9.25. The molecule has 0 bridgehead atoms. The van der Waals surface area contributed by atoms with Crippen molar-refractivity contribution in [2.45, 2.75) is 74.8 Å². The molecule has 0 saturated carbocycles. The van der Waals surface area contributed by atoms with Gasteiger partial charge in [0, 0.05) is 17.4 Å². The number of ether oxygens (including phenoxy) is 7. The number of hydrogen-bond acceptors (Lipinski definition) is 13. The van der Waals surface area contributed by atoms with Crippen LogP contribution in [0.2, 0.25) is 0 Å². The number of aryl methyl sites for hydroxylation is 1. The Labute approximate surface area is 275 Å². The number of methoxy groups -OCH3 is 1. The van der Waals surface area contributed by atoms with E-state index in [9.17, 15) is 24.9 Å². The minimum atomic E-state index is -1.26. The number of phenols is 1. The van der Waals surface area contributed by atoms with E-state index in [4.69, 9.17) is 33.2 Å². The van der Waals surface area contributed by atoms with Crippen molar-refractivity contribution in [1.82, 2.24) is 5.32 Å². The number of hydrogen-bond donors (Lipinski definition) is 4. The Morgan fingerprint density at radius 1 is 1.17 bits per heavy atom. The number of allylic oxidation sites excluding steroid dienone is 1. The lowest BCUT2D eigenvalue weighted by atomic mass is 9.97. The van der Waals surface area contributed by atoms with Crippen LogP contribution in [0.1, 0.15) is 29.3 Å². The number of aromatic hydroxyl groups is 1. The van der Waals surface area contributed by atoms with Crippen molar-refractivity contribution in [3.05, 3.63) is 58.4 Å². The number of aliphatic hydroxyl groups excluding tert-OH is 2. The molecule has 4 N–H and O–H groups in total. The van der Waals surface area contributed by atoms with E-state index >= 15 is 0 Å². The van der Waals surface area contributed by atoms with E-state index in [0.717, 1.165) is 10.9 Å². The van der Waals surface area contributed by atoms with Gasteiger partial charge in [-0.1, -0.05) is 29.7 Å². The third-order valence-electron chi connectivity index (χ3n) is 9.25. The molecule has 250 valence electrons. The van der Waals surface area contributed by atoms with Crippen LogP contribution in [0.5, 0.6) is 11.5 Å². The first-order valence-electron chi connectivity index (χ1n) is 15.4. The van der Waals surface area contributed by atoms with Crippen LogP contribution < -0.4 is 10.1 Å². The minimum absolute atomic E-state index is 0.000715. The molecule has 3 aliphatic heterocycles. The van der Waals surface area contributed by atoms with Crippen LogP contribution in [-0.2, 0) is 28.4 Å². The number of phenolic OH excluding ortho intramolecular Hbond substituents is 1. The molecule has 0 radical (unpaired) electrons. The van der Waals surface area contributed by atoms with Crippen LogP contribution in [0.15, 0.2) is 47.2 Å². The Balaban J connectivity index is 1.28. The van der Waals surface area contributed by atoms with E-state index in [-0.39, 0.29) is 35.7 Å². The van der Waals surface area contributed by atoms with E-state index in [1.807, 2.05) is 13.0 Å². The summed E-state index contributed by atoms with van der Waals surface area (Å²) in [6.45, 7) is 3.42. The second kappa shape index (κ2) is 12.1. The standard InChI is InChI=1S/C35H33NO12/c1-16-12-18(42-4)13-22-19(16)8-9-23(37)28(22)32(40)45-24-14-25(46-33-29(36-3)31(39)30(38)17(2)44-33)20-6-5-7-26-35(48-26,11-10-21(20)24)27-15-43-34(41)47-27/h6,8-9,12-13,17,25-27,29-31,33,36-39H,14-15H2,1-4H3/t17?,25-,26+,27+,29-,30-,31?,33-,35-/m0/s1. The highest BCUT2D eigenvalue weighted by Gasteiger charge is 2.65. The molecule has 2 aliphatic carbocycles. The van der Waals surface area contributed by atoms with Gasteiger partial charge >= 0.3 is 12.1 Å². The van der Waals surface area contributed by atoms with E-state index in [2.05, 4.69) is 29.0 Å². The van der Waals surface area contributed by atoms with Gasteiger partial charge in [-0.3, -0.25) is 0 Å². The molecule has 3 saturated heterocycles. The number of epoxide rings is 1. The first-order valence-corrected chi connectivity index (χ1v) is 15.4. The quantitative estimate of drug-likeness (QED) is 0.192. The lowest BCUT2D eigenvalue weighted by Crippen LogP contribution is -2.62. The number of carbonyl (C=O) groups excluding carboxylic acids is 2. The molecule has 0 amide bonds. The van der Waals surface area contributed by atoms with E-state index < -0.39 is 66.7 Å². The van der Waals surface area contributed by atoms with Crippen LogP contribution >= 0.6 is 0 Å². The molecule has 0 spiro atoms. The zero-order valence-corrected chi connectivity index (χ0v) is 26.4. The number of nitrogens with one attached hydrogen (secondary N) is 1. The maximum Gasteiger partial charge on any atom is 0.508 e. The first kappa shape index (κ1) is 32.0. The van der Waals surface area contributed by atoms with Crippen molar-refractivity contribution in [3.8, 4) is 35.2 Å². The highest BCUT2D eigenvalue weighted by molar-refractivity contribution is 6.08. The normalized spacial score (nSPS) is 33.3. The van der Waals surface area contributed by atoms with Gasteiger partial charge in [0.15, 0.2) is 18.5 Å². The van der Waals surface area contributed by atoms with Crippen molar-refractivity contribution in [3.63, 3.8) is 0 Å². The molecule has 3 heterocycles. The van der Waals surface area contributed by atoms with E-state index in [1.54, 1.807) is 32.2 Å². The summed E-state index contributed by atoms with van der Waals surface area (Å²) >= 11 is 0. The molecule has 0 aromatic heterocycles. The highest BCUT2D eigenvalue weighted by Crippen LogP contribution is 2.44. The molecule has 2 aromatic rings. The summed E-state index contributed by atoms with van der Waals surface area (Å²) in [5.41, 5.74) is 0.254. The number of rotatable bonds is 7. The van der Waals surface area contributed by atoms with Crippen LogP contribution in [0.25, 0.3) is 10.8 Å². The number of likely N-dealkylation sites (N-methyl/N-ethyl adjacent to an activating group) is 1. The Kier molecular flexibility index (Phi) is 8.08. The van der Waals surface area contributed by atoms with Gasteiger partial charge in [-0.05, 0) is 56.1 Å². The van der Waals surface area contributed by atoms with Gasteiger partial charge in [-0.15, -0.1) is 0 Å². The molecule has 13 nitrogen and oxygen atoms in total. The van der Waals surface area contributed by atoms with Crippen LogP contribution in [0, 0.1) is 30.6 Å². The van der Waals surface area contributed by atoms with Crippen LogP contribution in [0.3, 0.4) is 0 Å². The zero-order chi connectivity index (χ0) is 33.9. The van der Waals surface area contributed by atoms with E-state index in [1.165, 1.54) is 13.2 Å².